The molecule has 1 aromatic heterocycles. The maximum Gasteiger partial charge on any atom is 0.130 e. The average Bonchev–Trinajstić information content (AvgIpc) is 2.82. The number of nitrogens with zero attached hydrogens (tertiary/aromatic N) is 2. The summed E-state index contributed by atoms with van der Waals surface area (Å²) >= 11 is 0. The molecular formula is C16H17FN2O2. The van der Waals surface area contributed by atoms with Gasteiger partial charge in [-0.1, -0.05) is 11.8 Å². The number of hydrogen-bond donors (Lipinski definition) is 1. The van der Waals surface area contributed by atoms with E-state index < -0.39 is 5.82 Å². The smallest absolute Gasteiger partial charge is 0.130 e. The molecule has 0 aliphatic rings. The molecule has 0 bridgehead atoms. The molecule has 1 aromatic carbocycles. The fraction of sp³-hybridized carbons (Fsp3) is 0.312. The number of ether oxygens (including phenoxy) is 1. The molecule has 2 rings (SSSR count). The maximum atomic E-state index is 13.5. The second-order valence-corrected chi connectivity index (χ2v) is 4.52. The first-order valence-electron chi connectivity index (χ1n) is 6.69. The molecule has 0 unspecified atom stereocenters. The predicted octanol–water partition coefficient (Wildman–Crippen LogP) is 2.27. The molecule has 0 radical (unpaired) electrons. The van der Waals surface area contributed by atoms with E-state index in [0.29, 0.717) is 17.9 Å². The number of halogens is 1. The Morgan fingerprint density at radius 1 is 1.33 bits per heavy atom. The molecule has 0 fully saturated rings. The first-order chi connectivity index (χ1) is 10.1. The lowest BCUT2D eigenvalue weighted by atomic mass is 10.2. The van der Waals surface area contributed by atoms with Gasteiger partial charge in [-0.15, -0.1) is 0 Å². The van der Waals surface area contributed by atoms with Crippen molar-refractivity contribution in [3.63, 3.8) is 0 Å². The van der Waals surface area contributed by atoms with Crippen LogP contribution in [0.15, 0.2) is 24.3 Å². The van der Waals surface area contributed by atoms with Crippen LogP contribution >= 0.6 is 0 Å². The third-order valence-electron chi connectivity index (χ3n) is 2.85. The number of aliphatic hydroxyl groups is 1. The second kappa shape index (κ2) is 6.91. The van der Waals surface area contributed by atoms with Crippen LogP contribution < -0.4 is 4.74 Å². The van der Waals surface area contributed by atoms with Crippen LogP contribution in [0, 0.1) is 24.6 Å². The van der Waals surface area contributed by atoms with Gasteiger partial charge in [0.25, 0.3) is 0 Å². The molecule has 0 spiro atoms. The number of aryl methyl sites for hydroxylation is 2. The summed E-state index contributed by atoms with van der Waals surface area (Å²) in [5.41, 5.74) is 2.32. The van der Waals surface area contributed by atoms with Crippen LogP contribution in [0.2, 0.25) is 0 Å². The van der Waals surface area contributed by atoms with Crippen molar-refractivity contribution in [3.05, 3.63) is 47.0 Å². The molecule has 0 atom stereocenters. The molecule has 1 heterocycles. The molecule has 0 saturated carbocycles. The Morgan fingerprint density at radius 3 is 2.86 bits per heavy atom. The molecule has 21 heavy (non-hydrogen) atoms. The van der Waals surface area contributed by atoms with Crippen LogP contribution in [0.25, 0.3) is 0 Å². The van der Waals surface area contributed by atoms with Gasteiger partial charge in [0.05, 0.1) is 11.4 Å². The molecular weight excluding hydrogens is 271 g/mol. The minimum atomic E-state index is -0.421. The second-order valence-electron chi connectivity index (χ2n) is 4.52. The molecule has 2 aromatic rings. The van der Waals surface area contributed by atoms with Gasteiger partial charge >= 0.3 is 0 Å². The van der Waals surface area contributed by atoms with Crippen molar-refractivity contribution >= 4 is 0 Å². The Hall–Kier alpha value is -2.32. The highest BCUT2D eigenvalue weighted by Gasteiger charge is 2.06. The lowest BCUT2D eigenvalue weighted by molar-refractivity contribution is 0.291. The standard InChI is InChI=1S/C16H17FN2O2/c1-3-19-15(7-12(2)18-19)11-21-16-9-13(5-4-6-20)8-14(17)10-16/h7-10,20H,3,6,11H2,1-2H3. The Labute approximate surface area is 123 Å². The monoisotopic (exact) mass is 288 g/mol. The van der Waals surface area contributed by atoms with E-state index in [0.717, 1.165) is 17.9 Å². The van der Waals surface area contributed by atoms with E-state index in [-0.39, 0.29) is 6.61 Å². The van der Waals surface area contributed by atoms with Crippen molar-refractivity contribution in [2.45, 2.75) is 27.0 Å². The van der Waals surface area contributed by atoms with Gasteiger partial charge in [-0.25, -0.2) is 4.39 Å². The van der Waals surface area contributed by atoms with E-state index in [9.17, 15) is 4.39 Å². The zero-order valence-electron chi connectivity index (χ0n) is 12.1. The highest BCUT2D eigenvalue weighted by atomic mass is 19.1. The Kier molecular flexibility index (Phi) is 4.96. The van der Waals surface area contributed by atoms with E-state index in [1.54, 1.807) is 6.07 Å². The fourth-order valence-electron chi connectivity index (χ4n) is 2.01. The summed E-state index contributed by atoms with van der Waals surface area (Å²) < 4.78 is 21.0. The van der Waals surface area contributed by atoms with E-state index in [2.05, 4.69) is 16.9 Å². The third kappa shape index (κ3) is 4.07. The van der Waals surface area contributed by atoms with Crippen LogP contribution in [-0.4, -0.2) is 21.5 Å². The SMILES string of the molecule is CCn1nc(C)cc1COc1cc(F)cc(C#CCO)c1. The minimum absolute atomic E-state index is 0.262. The first-order valence-corrected chi connectivity index (χ1v) is 6.69. The number of rotatable bonds is 4. The van der Waals surface area contributed by atoms with Crippen molar-refractivity contribution in [3.8, 4) is 17.6 Å². The van der Waals surface area contributed by atoms with Crippen LogP contribution in [0.5, 0.6) is 5.75 Å². The first kappa shape index (κ1) is 15.1. The van der Waals surface area contributed by atoms with Gasteiger partial charge in [-0.05, 0) is 32.0 Å². The van der Waals surface area contributed by atoms with Gasteiger partial charge in [0.15, 0.2) is 0 Å². The van der Waals surface area contributed by atoms with Gasteiger partial charge < -0.3 is 9.84 Å². The van der Waals surface area contributed by atoms with Gasteiger partial charge in [-0.3, -0.25) is 4.68 Å². The van der Waals surface area contributed by atoms with Gasteiger partial charge in [0.2, 0.25) is 0 Å². The molecule has 0 aliphatic heterocycles. The normalized spacial score (nSPS) is 10.1. The summed E-state index contributed by atoms with van der Waals surface area (Å²) in [6.07, 6.45) is 0. The van der Waals surface area contributed by atoms with E-state index >= 15 is 0 Å². The third-order valence-corrected chi connectivity index (χ3v) is 2.85. The molecule has 4 nitrogen and oxygen atoms in total. The van der Waals surface area contributed by atoms with Crippen LogP contribution in [-0.2, 0) is 13.2 Å². The Morgan fingerprint density at radius 2 is 2.14 bits per heavy atom. The van der Waals surface area contributed by atoms with Crippen molar-refractivity contribution in [1.82, 2.24) is 9.78 Å². The summed E-state index contributed by atoms with van der Waals surface area (Å²) in [7, 11) is 0. The van der Waals surface area contributed by atoms with Gasteiger partial charge in [0, 0.05) is 18.2 Å². The predicted molar refractivity (Wildman–Crippen MR) is 77.3 cm³/mol. The Bertz CT molecular complexity index is 683. The van der Waals surface area contributed by atoms with Crippen molar-refractivity contribution < 1.29 is 14.2 Å². The number of aromatic nitrogens is 2. The largest absolute Gasteiger partial charge is 0.487 e. The Balaban J connectivity index is 2.14. The quantitative estimate of drug-likeness (QED) is 0.878. The van der Waals surface area contributed by atoms with Crippen molar-refractivity contribution in [2.75, 3.05) is 6.61 Å². The van der Waals surface area contributed by atoms with Gasteiger partial charge in [-0.2, -0.15) is 5.10 Å². The number of hydrogen-bond acceptors (Lipinski definition) is 3. The minimum Gasteiger partial charge on any atom is -0.487 e. The van der Waals surface area contributed by atoms with E-state index in [1.165, 1.54) is 12.1 Å². The molecule has 1 N–H and O–H groups in total. The molecule has 110 valence electrons. The summed E-state index contributed by atoms with van der Waals surface area (Å²) in [5.74, 6) is 5.13. The van der Waals surface area contributed by atoms with E-state index in [1.807, 2.05) is 24.6 Å². The fourth-order valence-corrected chi connectivity index (χ4v) is 2.01. The van der Waals surface area contributed by atoms with Crippen molar-refractivity contribution in [1.29, 1.82) is 0 Å². The van der Waals surface area contributed by atoms with Crippen LogP contribution in [0.4, 0.5) is 4.39 Å². The lowest BCUT2D eigenvalue weighted by Crippen LogP contribution is -2.06. The average molecular weight is 288 g/mol. The van der Waals surface area contributed by atoms with E-state index in [4.69, 9.17) is 9.84 Å². The molecule has 0 amide bonds. The van der Waals surface area contributed by atoms with Crippen LogP contribution in [0.1, 0.15) is 23.9 Å². The number of aliphatic hydroxyl groups excluding tert-OH is 1. The summed E-state index contributed by atoms with van der Waals surface area (Å²) in [5, 5.41) is 13.0. The zero-order chi connectivity index (χ0) is 15.2. The molecule has 0 saturated heterocycles. The van der Waals surface area contributed by atoms with Crippen molar-refractivity contribution in [2.24, 2.45) is 0 Å². The topological polar surface area (TPSA) is 47.3 Å². The number of benzene rings is 1. The van der Waals surface area contributed by atoms with Gasteiger partial charge in [0.1, 0.15) is 24.8 Å². The highest BCUT2D eigenvalue weighted by Crippen LogP contribution is 2.17. The molecule has 5 heteroatoms. The summed E-state index contributed by atoms with van der Waals surface area (Å²) in [4.78, 5) is 0. The maximum absolute atomic E-state index is 13.5. The highest BCUT2D eigenvalue weighted by molar-refractivity contribution is 5.40. The zero-order valence-corrected chi connectivity index (χ0v) is 12.1. The molecule has 0 aliphatic carbocycles. The lowest BCUT2D eigenvalue weighted by Gasteiger charge is -2.08. The van der Waals surface area contributed by atoms with Crippen LogP contribution in [0.3, 0.4) is 0 Å². The summed E-state index contributed by atoms with van der Waals surface area (Å²) in [6, 6.07) is 6.19. The summed E-state index contributed by atoms with van der Waals surface area (Å²) in [6.45, 7) is 4.72.